The lowest BCUT2D eigenvalue weighted by Crippen LogP contribution is -2.44. The molecule has 0 fully saturated rings. The molecule has 0 radical (unpaired) electrons. The summed E-state index contributed by atoms with van der Waals surface area (Å²) in [6.45, 7) is 4.57. The Hall–Kier alpha value is -1.56. The number of hydrogen-bond donors (Lipinski definition) is 0. The standard InChI is InChI=1S/C13H22N4O2/c1-5-19-9-10-6-17(13(18)15(2)3)8-12-11(10)7-16(4)14-12/h7,10H,5-6,8-9H2,1-4H3/t10-/m1/s1. The minimum Gasteiger partial charge on any atom is -0.381 e. The van der Waals surface area contributed by atoms with Crippen LogP contribution in [0.5, 0.6) is 0 Å². The second-order valence-electron chi connectivity index (χ2n) is 5.12. The van der Waals surface area contributed by atoms with Gasteiger partial charge in [-0.25, -0.2) is 4.79 Å². The van der Waals surface area contributed by atoms with Gasteiger partial charge in [-0.2, -0.15) is 5.10 Å². The van der Waals surface area contributed by atoms with Gasteiger partial charge in [0.05, 0.1) is 18.8 Å². The van der Waals surface area contributed by atoms with E-state index in [9.17, 15) is 4.79 Å². The van der Waals surface area contributed by atoms with Crippen molar-refractivity contribution in [1.29, 1.82) is 0 Å². The Bertz CT molecular complexity index is 455. The van der Waals surface area contributed by atoms with Gasteiger partial charge in [0.2, 0.25) is 0 Å². The summed E-state index contributed by atoms with van der Waals surface area (Å²) in [6, 6.07) is 0.0257. The van der Waals surface area contributed by atoms with E-state index < -0.39 is 0 Å². The summed E-state index contributed by atoms with van der Waals surface area (Å²) in [6.07, 6.45) is 2.04. The van der Waals surface area contributed by atoms with E-state index in [0.717, 1.165) is 5.69 Å². The molecule has 0 saturated carbocycles. The number of urea groups is 1. The third-order valence-corrected chi connectivity index (χ3v) is 3.34. The zero-order chi connectivity index (χ0) is 14.0. The maximum absolute atomic E-state index is 12.1. The molecule has 0 N–H and O–H groups in total. The molecule has 0 aliphatic carbocycles. The minimum atomic E-state index is 0.0257. The Morgan fingerprint density at radius 1 is 1.58 bits per heavy atom. The number of fused-ring (bicyclic) bond motifs is 1. The second kappa shape index (κ2) is 5.61. The lowest BCUT2D eigenvalue weighted by atomic mass is 9.96. The Morgan fingerprint density at radius 3 is 2.95 bits per heavy atom. The number of aromatic nitrogens is 2. The van der Waals surface area contributed by atoms with Crippen LogP contribution in [0.3, 0.4) is 0 Å². The van der Waals surface area contributed by atoms with Gasteiger partial charge in [0.1, 0.15) is 0 Å². The molecule has 0 spiro atoms. The molecule has 6 nitrogen and oxygen atoms in total. The average Bonchev–Trinajstić information content (AvgIpc) is 2.74. The number of nitrogens with zero attached hydrogens (tertiary/aromatic N) is 4. The first kappa shape index (κ1) is 13.9. The van der Waals surface area contributed by atoms with E-state index in [1.54, 1.807) is 19.0 Å². The quantitative estimate of drug-likeness (QED) is 0.821. The lowest BCUT2D eigenvalue weighted by molar-refractivity contribution is 0.106. The van der Waals surface area contributed by atoms with Crippen LogP contribution in [0.2, 0.25) is 0 Å². The fourth-order valence-corrected chi connectivity index (χ4v) is 2.46. The van der Waals surface area contributed by atoms with E-state index in [1.807, 2.05) is 29.7 Å². The third kappa shape index (κ3) is 2.89. The molecule has 0 bridgehead atoms. The Labute approximate surface area is 113 Å². The first-order valence-corrected chi connectivity index (χ1v) is 6.59. The van der Waals surface area contributed by atoms with Crippen molar-refractivity contribution in [3.8, 4) is 0 Å². The highest BCUT2D eigenvalue weighted by Crippen LogP contribution is 2.28. The minimum absolute atomic E-state index is 0.0257. The normalized spacial score (nSPS) is 18.3. The molecule has 0 aromatic carbocycles. The van der Waals surface area contributed by atoms with E-state index >= 15 is 0 Å². The maximum atomic E-state index is 12.1. The Morgan fingerprint density at radius 2 is 2.32 bits per heavy atom. The SMILES string of the molecule is CCOC[C@H]1CN(C(=O)N(C)C)Cc2nn(C)cc21. The summed E-state index contributed by atoms with van der Waals surface area (Å²) >= 11 is 0. The van der Waals surface area contributed by atoms with Crippen LogP contribution in [0.1, 0.15) is 24.1 Å². The van der Waals surface area contributed by atoms with Crippen molar-refractivity contribution in [3.05, 3.63) is 17.5 Å². The van der Waals surface area contributed by atoms with Gasteiger partial charge >= 0.3 is 6.03 Å². The number of hydrogen-bond acceptors (Lipinski definition) is 3. The first-order valence-electron chi connectivity index (χ1n) is 6.59. The van der Waals surface area contributed by atoms with E-state index in [0.29, 0.717) is 26.3 Å². The van der Waals surface area contributed by atoms with Crippen molar-refractivity contribution >= 4 is 6.03 Å². The van der Waals surface area contributed by atoms with Crippen LogP contribution < -0.4 is 0 Å². The van der Waals surface area contributed by atoms with Crippen LogP contribution in [-0.4, -0.2) is 59.5 Å². The zero-order valence-corrected chi connectivity index (χ0v) is 12.1. The molecule has 2 heterocycles. The number of amides is 2. The van der Waals surface area contributed by atoms with Gasteiger partial charge in [0.25, 0.3) is 0 Å². The molecule has 2 rings (SSSR count). The fourth-order valence-electron chi connectivity index (χ4n) is 2.46. The molecular weight excluding hydrogens is 244 g/mol. The van der Waals surface area contributed by atoms with Crippen molar-refractivity contribution in [2.45, 2.75) is 19.4 Å². The van der Waals surface area contributed by atoms with Crippen LogP contribution in [-0.2, 0) is 18.3 Å². The van der Waals surface area contributed by atoms with Gasteiger partial charge in [-0.1, -0.05) is 0 Å². The van der Waals surface area contributed by atoms with Crippen LogP contribution >= 0.6 is 0 Å². The third-order valence-electron chi connectivity index (χ3n) is 3.34. The van der Waals surface area contributed by atoms with E-state index in [4.69, 9.17) is 4.74 Å². The molecule has 6 heteroatoms. The van der Waals surface area contributed by atoms with Gasteiger partial charge in [-0.05, 0) is 6.92 Å². The number of carbonyl (C=O) groups excluding carboxylic acids is 1. The lowest BCUT2D eigenvalue weighted by Gasteiger charge is -2.33. The number of carbonyl (C=O) groups is 1. The van der Waals surface area contributed by atoms with E-state index in [1.165, 1.54) is 5.56 Å². The smallest absolute Gasteiger partial charge is 0.319 e. The molecular formula is C13H22N4O2. The molecule has 1 aromatic heterocycles. The first-order chi connectivity index (χ1) is 9.02. The van der Waals surface area contributed by atoms with Gasteiger partial charge in [-0.3, -0.25) is 4.68 Å². The second-order valence-corrected chi connectivity index (χ2v) is 5.12. The average molecular weight is 266 g/mol. The zero-order valence-electron chi connectivity index (χ0n) is 12.1. The van der Waals surface area contributed by atoms with Crippen LogP contribution in [0.15, 0.2) is 6.20 Å². The van der Waals surface area contributed by atoms with Crippen molar-refractivity contribution in [2.75, 3.05) is 33.9 Å². The van der Waals surface area contributed by atoms with Crippen molar-refractivity contribution in [1.82, 2.24) is 19.6 Å². The van der Waals surface area contributed by atoms with Crippen molar-refractivity contribution in [2.24, 2.45) is 7.05 Å². The molecule has 0 unspecified atom stereocenters. The maximum Gasteiger partial charge on any atom is 0.319 e. The van der Waals surface area contributed by atoms with Gasteiger partial charge < -0.3 is 14.5 Å². The molecule has 0 saturated heterocycles. The summed E-state index contributed by atoms with van der Waals surface area (Å²) in [5, 5.41) is 4.45. The number of rotatable bonds is 3. The summed E-state index contributed by atoms with van der Waals surface area (Å²) < 4.78 is 7.35. The molecule has 1 atom stereocenters. The molecule has 1 aromatic rings. The summed E-state index contributed by atoms with van der Waals surface area (Å²) in [5.41, 5.74) is 2.19. The van der Waals surface area contributed by atoms with E-state index in [2.05, 4.69) is 5.10 Å². The van der Waals surface area contributed by atoms with E-state index in [-0.39, 0.29) is 11.9 Å². The monoisotopic (exact) mass is 266 g/mol. The number of ether oxygens (including phenoxy) is 1. The van der Waals surface area contributed by atoms with Gasteiger partial charge in [-0.15, -0.1) is 0 Å². The molecule has 1 aliphatic rings. The van der Waals surface area contributed by atoms with Crippen LogP contribution in [0.25, 0.3) is 0 Å². The van der Waals surface area contributed by atoms with Gasteiger partial charge in [0, 0.05) is 52.0 Å². The summed E-state index contributed by atoms with van der Waals surface area (Å²) in [5.74, 6) is 0.210. The number of aryl methyl sites for hydroxylation is 1. The van der Waals surface area contributed by atoms with Crippen molar-refractivity contribution in [3.63, 3.8) is 0 Å². The van der Waals surface area contributed by atoms with Crippen LogP contribution in [0.4, 0.5) is 4.79 Å². The molecule has 1 aliphatic heterocycles. The largest absolute Gasteiger partial charge is 0.381 e. The highest BCUT2D eigenvalue weighted by Gasteiger charge is 2.31. The Balaban J connectivity index is 2.21. The van der Waals surface area contributed by atoms with Crippen LogP contribution in [0, 0.1) is 0 Å². The highest BCUT2D eigenvalue weighted by molar-refractivity contribution is 5.74. The molecule has 106 valence electrons. The van der Waals surface area contributed by atoms with Crippen molar-refractivity contribution < 1.29 is 9.53 Å². The molecule has 19 heavy (non-hydrogen) atoms. The van der Waals surface area contributed by atoms with Gasteiger partial charge in [0.15, 0.2) is 0 Å². The summed E-state index contributed by atoms with van der Waals surface area (Å²) in [7, 11) is 5.45. The summed E-state index contributed by atoms with van der Waals surface area (Å²) in [4.78, 5) is 15.5. The fraction of sp³-hybridized carbons (Fsp3) is 0.692. The predicted octanol–water partition coefficient (Wildman–Crippen LogP) is 1.04. The highest BCUT2D eigenvalue weighted by atomic mass is 16.5. The molecule has 2 amide bonds. The topological polar surface area (TPSA) is 50.6 Å². The predicted molar refractivity (Wildman–Crippen MR) is 71.9 cm³/mol. The Kier molecular flexibility index (Phi) is 4.09.